The summed E-state index contributed by atoms with van der Waals surface area (Å²) in [5, 5.41) is 7.01. The van der Waals surface area contributed by atoms with Gasteiger partial charge in [-0.25, -0.2) is 9.97 Å². The molecule has 9 rings (SSSR count). The maximum absolute atomic E-state index is 5.34. The normalized spacial score (nSPS) is 11.7. The van der Waals surface area contributed by atoms with Crippen LogP contribution in [0.4, 0.5) is 0 Å². The number of pyridine rings is 2. The van der Waals surface area contributed by atoms with Crippen molar-refractivity contribution in [1.29, 1.82) is 0 Å². The molecule has 0 saturated carbocycles. The van der Waals surface area contributed by atoms with Crippen molar-refractivity contribution in [2.24, 2.45) is 0 Å². The second-order valence-electron chi connectivity index (χ2n) is 10.9. The molecular weight excluding hydrogens is 524 g/mol. The topological polar surface area (TPSA) is 43.6 Å². The van der Waals surface area contributed by atoms with E-state index >= 15 is 0 Å². The fourth-order valence-corrected chi connectivity index (χ4v) is 6.45. The van der Waals surface area contributed by atoms with Crippen molar-refractivity contribution in [3.63, 3.8) is 0 Å². The van der Waals surface area contributed by atoms with Gasteiger partial charge in [0.2, 0.25) is 0 Å². The molecule has 6 aromatic carbocycles. The lowest BCUT2D eigenvalue weighted by Crippen LogP contribution is -1.99. The maximum atomic E-state index is 5.34. The Kier molecular flexibility index (Phi) is 5.16. The summed E-state index contributed by atoms with van der Waals surface area (Å²) in [6.07, 6.45) is 1.81. The molecule has 0 aliphatic heterocycles. The molecule has 0 spiro atoms. The fourth-order valence-electron chi connectivity index (χ4n) is 6.45. The summed E-state index contributed by atoms with van der Waals surface area (Å²) in [5.41, 5.74) is 8.27. The summed E-state index contributed by atoms with van der Waals surface area (Å²) >= 11 is 0. The number of fused-ring (bicyclic) bond motifs is 7. The minimum Gasteiger partial charge on any atom is -0.291 e. The van der Waals surface area contributed by atoms with Gasteiger partial charge in [-0.2, -0.15) is 0 Å². The lowest BCUT2D eigenvalue weighted by Gasteiger charge is -2.15. The largest absolute Gasteiger partial charge is 0.291 e. The molecule has 0 amide bonds. The van der Waals surface area contributed by atoms with Crippen LogP contribution in [-0.4, -0.2) is 19.5 Å². The molecule has 3 heterocycles. The van der Waals surface area contributed by atoms with Crippen LogP contribution < -0.4 is 0 Å². The number of para-hydroxylation sites is 2. The molecule has 3 aromatic heterocycles. The number of aromatic nitrogens is 4. The van der Waals surface area contributed by atoms with E-state index in [0.29, 0.717) is 0 Å². The van der Waals surface area contributed by atoms with Crippen molar-refractivity contribution in [3.05, 3.63) is 146 Å². The molecule has 0 radical (unpaired) electrons. The minimum atomic E-state index is 0.826. The van der Waals surface area contributed by atoms with Crippen molar-refractivity contribution < 1.29 is 0 Å². The zero-order chi connectivity index (χ0) is 28.3. The van der Waals surface area contributed by atoms with Crippen molar-refractivity contribution in [2.45, 2.75) is 0 Å². The summed E-state index contributed by atoms with van der Waals surface area (Å²) in [5.74, 6) is 0.826. The minimum absolute atomic E-state index is 0.826. The van der Waals surface area contributed by atoms with Crippen LogP contribution in [0.2, 0.25) is 0 Å². The Morgan fingerprint density at radius 1 is 0.465 bits per heavy atom. The molecule has 0 saturated heterocycles. The third-order valence-corrected chi connectivity index (χ3v) is 8.43. The molecule has 9 aromatic rings. The van der Waals surface area contributed by atoms with E-state index in [0.717, 1.165) is 66.4 Å². The van der Waals surface area contributed by atoms with Crippen LogP contribution in [0.5, 0.6) is 0 Å². The van der Waals surface area contributed by atoms with Gasteiger partial charge >= 0.3 is 0 Å². The van der Waals surface area contributed by atoms with Gasteiger partial charge in [-0.05, 0) is 52.7 Å². The molecule has 0 aliphatic rings. The first-order chi connectivity index (χ1) is 21.3. The summed E-state index contributed by atoms with van der Waals surface area (Å²) < 4.78 is 2.20. The van der Waals surface area contributed by atoms with Crippen LogP contribution in [0.15, 0.2) is 146 Å². The van der Waals surface area contributed by atoms with E-state index in [-0.39, 0.29) is 0 Å². The van der Waals surface area contributed by atoms with Crippen LogP contribution in [0.1, 0.15) is 0 Å². The number of hydrogen-bond donors (Lipinski definition) is 0. The Bertz CT molecular complexity index is 2400. The first kappa shape index (κ1) is 23.8. The van der Waals surface area contributed by atoms with Crippen molar-refractivity contribution in [2.75, 3.05) is 0 Å². The average molecular weight is 549 g/mol. The van der Waals surface area contributed by atoms with Crippen LogP contribution in [0, 0.1) is 0 Å². The Labute approximate surface area is 247 Å². The summed E-state index contributed by atoms with van der Waals surface area (Å²) in [4.78, 5) is 14.9. The van der Waals surface area contributed by atoms with Crippen molar-refractivity contribution >= 4 is 54.4 Å². The molecule has 0 atom stereocenters. The van der Waals surface area contributed by atoms with Crippen LogP contribution in [0.3, 0.4) is 0 Å². The smallest absolute Gasteiger partial charge is 0.164 e. The number of nitrogens with zero attached hydrogens (tertiary/aromatic N) is 4. The van der Waals surface area contributed by atoms with Gasteiger partial charge < -0.3 is 0 Å². The molecule has 0 aliphatic carbocycles. The third kappa shape index (κ3) is 3.67. The maximum Gasteiger partial charge on any atom is 0.164 e. The number of benzene rings is 6. The van der Waals surface area contributed by atoms with Crippen LogP contribution >= 0.6 is 0 Å². The quantitative estimate of drug-likeness (QED) is 0.163. The van der Waals surface area contributed by atoms with E-state index in [1.807, 2.05) is 30.5 Å². The zero-order valence-corrected chi connectivity index (χ0v) is 23.1. The second kappa shape index (κ2) is 9.33. The predicted molar refractivity (Wildman–Crippen MR) is 178 cm³/mol. The van der Waals surface area contributed by atoms with E-state index in [4.69, 9.17) is 9.97 Å². The monoisotopic (exact) mass is 548 g/mol. The Balaban J connectivity index is 1.31. The molecule has 200 valence electrons. The molecular formula is C39H24N4. The van der Waals surface area contributed by atoms with Gasteiger partial charge in [0.25, 0.3) is 0 Å². The Morgan fingerprint density at radius 3 is 1.77 bits per heavy atom. The van der Waals surface area contributed by atoms with Crippen molar-refractivity contribution in [3.8, 4) is 28.3 Å². The van der Waals surface area contributed by atoms with Gasteiger partial charge in [0.15, 0.2) is 5.82 Å². The molecule has 0 fully saturated rings. The number of imidazole rings is 1. The highest BCUT2D eigenvalue weighted by atomic mass is 15.1. The summed E-state index contributed by atoms with van der Waals surface area (Å²) in [6, 6.07) is 48.9. The highest BCUT2D eigenvalue weighted by molar-refractivity contribution is 6.21. The Hall–Kier alpha value is -5.87. The third-order valence-electron chi connectivity index (χ3n) is 8.43. The van der Waals surface area contributed by atoms with E-state index in [9.17, 15) is 0 Å². The van der Waals surface area contributed by atoms with Crippen LogP contribution in [0.25, 0.3) is 82.7 Å². The molecule has 4 nitrogen and oxygen atoms in total. The molecule has 0 unspecified atom stereocenters. The number of rotatable bonds is 3. The fraction of sp³-hybridized carbons (Fsp3) is 0. The SMILES string of the molecule is c1ccc(-c2nc3ccccc3n2-c2ccc(-c3c4ccc5ccccc5c4nc4c3ccc3ccccc34)cc2)nc1. The van der Waals surface area contributed by atoms with Gasteiger partial charge in [-0.3, -0.25) is 9.55 Å². The average Bonchev–Trinajstić information content (AvgIpc) is 3.47. The van der Waals surface area contributed by atoms with E-state index < -0.39 is 0 Å². The lowest BCUT2D eigenvalue weighted by molar-refractivity contribution is 1.08. The van der Waals surface area contributed by atoms with E-state index in [1.54, 1.807) is 0 Å². The molecule has 4 heteroatoms. The van der Waals surface area contributed by atoms with Gasteiger partial charge in [0, 0.05) is 39.0 Å². The van der Waals surface area contributed by atoms with E-state index in [1.165, 1.54) is 16.3 Å². The van der Waals surface area contributed by atoms with Gasteiger partial charge in [0.1, 0.15) is 5.69 Å². The van der Waals surface area contributed by atoms with Gasteiger partial charge in [0.05, 0.1) is 22.1 Å². The zero-order valence-electron chi connectivity index (χ0n) is 23.1. The predicted octanol–water partition coefficient (Wildman–Crippen LogP) is 9.76. The molecule has 43 heavy (non-hydrogen) atoms. The Morgan fingerprint density at radius 2 is 1.09 bits per heavy atom. The molecule has 0 N–H and O–H groups in total. The number of hydrogen-bond acceptors (Lipinski definition) is 3. The van der Waals surface area contributed by atoms with Crippen molar-refractivity contribution in [1.82, 2.24) is 19.5 Å². The first-order valence-corrected chi connectivity index (χ1v) is 14.5. The summed E-state index contributed by atoms with van der Waals surface area (Å²) in [6.45, 7) is 0. The van der Waals surface area contributed by atoms with E-state index in [2.05, 4.69) is 125 Å². The lowest BCUT2D eigenvalue weighted by atomic mass is 9.92. The second-order valence-corrected chi connectivity index (χ2v) is 10.9. The van der Waals surface area contributed by atoms with Crippen LogP contribution in [-0.2, 0) is 0 Å². The standard InChI is InChI=1S/C39H24N4/c1-3-11-29-25(9-1)18-22-31-36(32-23-19-26-10-2-4-12-30(26)38(32)42-37(29)31)27-16-20-28(21-17-27)43-35-15-6-5-13-33(35)41-39(43)34-14-7-8-24-40-34/h1-24H. The first-order valence-electron chi connectivity index (χ1n) is 14.5. The summed E-state index contributed by atoms with van der Waals surface area (Å²) in [7, 11) is 0. The highest BCUT2D eigenvalue weighted by Gasteiger charge is 2.18. The van der Waals surface area contributed by atoms with Gasteiger partial charge in [-0.1, -0.05) is 103 Å². The van der Waals surface area contributed by atoms with Gasteiger partial charge in [-0.15, -0.1) is 0 Å². The molecule has 0 bridgehead atoms. The highest BCUT2D eigenvalue weighted by Crippen LogP contribution is 2.40.